The summed E-state index contributed by atoms with van der Waals surface area (Å²) >= 11 is 0. The third-order valence-corrected chi connectivity index (χ3v) is 3.62. The maximum atomic E-state index is 11.8. The molecule has 0 bridgehead atoms. The monoisotopic (exact) mass is 238 g/mol. The van der Waals surface area contributed by atoms with E-state index in [-0.39, 0.29) is 28.9 Å². The van der Waals surface area contributed by atoms with Crippen molar-refractivity contribution in [2.75, 3.05) is 0 Å². The van der Waals surface area contributed by atoms with Crippen LogP contribution in [0.5, 0.6) is 0 Å². The van der Waals surface area contributed by atoms with Crippen LogP contribution in [0.1, 0.15) is 53.4 Å². The molecule has 2 fully saturated rings. The minimum Gasteiger partial charge on any atom is -0.307 e. The molecule has 2 rings (SSSR count). The number of carbonyl (C=O) groups excluding carboxylic acids is 2. The molecule has 0 unspecified atom stereocenters. The molecule has 2 saturated heterocycles. The van der Waals surface area contributed by atoms with E-state index in [0.717, 1.165) is 12.8 Å². The molecule has 0 aliphatic carbocycles. The molecule has 1 N–H and O–H groups in total. The largest absolute Gasteiger partial charge is 0.307 e. The van der Waals surface area contributed by atoms with Crippen molar-refractivity contribution in [3.63, 3.8) is 0 Å². The Bertz CT molecular complexity index is 328. The van der Waals surface area contributed by atoms with Gasteiger partial charge in [-0.15, -0.1) is 0 Å². The molecular weight excluding hydrogens is 216 g/mol. The first-order chi connectivity index (χ1) is 7.70. The van der Waals surface area contributed by atoms with Crippen molar-refractivity contribution in [3.8, 4) is 0 Å². The summed E-state index contributed by atoms with van der Waals surface area (Å²) in [6.07, 6.45) is 2.47. The molecule has 2 aliphatic rings. The normalized spacial score (nSPS) is 28.8. The lowest BCUT2D eigenvalue weighted by molar-refractivity contribution is -0.143. The number of hydrogen-bond acceptors (Lipinski definition) is 3. The summed E-state index contributed by atoms with van der Waals surface area (Å²) in [6.45, 7) is 8.52. The average Bonchev–Trinajstić information content (AvgIpc) is 2.40. The fraction of sp³-hybridized carbons (Fsp3) is 0.846. The predicted octanol–water partition coefficient (Wildman–Crippen LogP) is 1.44. The molecule has 2 heterocycles. The van der Waals surface area contributed by atoms with Gasteiger partial charge in [0.15, 0.2) is 0 Å². The van der Waals surface area contributed by atoms with Gasteiger partial charge in [0, 0.05) is 30.0 Å². The van der Waals surface area contributed by atoms with Crippen molar-refractivity contribution in [2.45, 2.75) is 70.5 Å². The van der Waals surface area contributed by atoms with Crippen LogP contribution >= 0.6 is 0 Å². The number of imide groups is 1. The van der Waals surface area contributed by atoms with Crippen molar-refractivity contribution in [3.05, 3.63) is 0 Å². The molecule has 96 valence electrons. The lowest BCUT2D eigenvalue weighted by atomic mass is 9.79. The zero-order chi connectivity index (χ0) is 12.8. The van der Waals surface area contributed by atoms with Crippen molar-refractivity contribution in [2.24, 2.45) is 0 Å². The molecule has 4 nitrogen and oxygen atoms in total. The molecule has 0 saturated carbocycles. The number of amides is 2. The predicted molar refractivity (Wildman–Crippen MR) is 65.4 cm³/mol. The van der Waals surface area contributed by atoms with E-state index < -0.39 is 0 Å². The van der Waals surface area contributed by atoms with Gasteiger partial charge < -0.3 is 5.32 Å². The maximum absolute atomic E-state index is 11.8. The Labute approximate surface area is 103 Å². The standard InChI is InChI=1S/C13H22N2O2/c1-12(2)7-9(8-13(3,4)14-12)15-10(16)5-6-11(15)17/h9,14H,5-8H2,1-4H3. The zero-order valence-electron chi connectivity index (χ0n) is 11.2. The summed E-state index contributed by atoms with van der Waals surface area (Å²) in [6, 6.07) is 0.0590. The molecule has 4 heteroatoms. The number of nitrogens with one attached hydrogen (secondary N) is 1. The Morgan fingerprint density at radius 1 is 1.00 bits per heavy atom. The molecule has 2 aliphatic heterocycles. The highest BCUT2D eigenvalue weighted by Gasteiger charge is 2.44. The summed E-state index contributed by atoms with van der Waals surface area (Å²) in [5.74, 6) is 0.0157. The molecule has 17 heavy (non-hydrogen) atoms. The summed E-state index contributed by atoms with van der Waals surface area (Å²) in [5.41, 5.74) is -0.0644. The second kappa shape index (κ2) is 3.80. The van der Waals surface area contributed by atoms with Crippen LogP contribution in [0.4, 0.5) is 0 Å². The first-order valence-electron chi connectivity index (χ1n) is 6.34. The Kier molecular flexibility index (Phi) is 2.81. The molecule has 0 aromatic heterocycles. The third-order valence-electron chi connectivity index (χ3n) is 3.62. The number of carbonyl (C=O) groups is 2. The average molecular weight is 238 g/mol. The van der Waals surface area contributed by atoms with E-state index in [0.29, 0.717) is 12.8 Å². The van der Waals surface area contributed by atoms with Gasteiger partial charge in [0.2, 0.25) is 11.8 Å². The Morgan fingerprint density at radius 2 is 1.41 bits per heavy atom. The number of rotatable bonds is 1. The van der Waals surface area contributed by atoms with E-state index in [1.54, 1.807) is 0 Å². The Balaban J connectivity index is 2.21. The van der Waals surface area contributed by atoms with Crippen molar-refractivity contribution in [1.29, 1.82) is 0 Å². The first-order valence-corrected chi connectivity index (χ1v) is 6.34. The van der Waals surface area contributed by atoms with E-state index in [4.69, 9.17) is 0 Å². The zero-order valence-corrected chi connectivity index (χ0v) is 11.2. The lowest BCUT2D eigenvalue weighted by Gasteiger charge is -2.48. The highest BCUT2D eigenvalue weighted by atomic mass is 16.2. The number of hydrogen-bond donors (Lipinski definition) is 1. The van der Waals surface area contributed by atoms with Gasteiger partial charge in [-0.2, -0.15) is 0 Å². The van der Waals surface area contributed by atoms with Crippen LogP contribution < -0.4 is 5.32 Å². The van der Waals surface area contributed by atoms with Crippen molar-refractivity contribution < 1.29 is 9.59 Å². The van der Waals surface area contributed by atoms with Crippen molar-refractivity contribution in [1.82, 2.24) is 10.2 Å². The highest BCUT2D eigenvalue weighted by molar-refractivity contribution is 6.02. The van der Waals surface area contributed by atoms with E-state index in [1.807, 2.05) is 0 Å². The van der Waals surface area contributed by atoms with Gasteiger partial charge in [0.1, 0.15) is 0 Å². The molecule has 0 aromatic rings. The van der Waals surface area contributed by atoms with E-state index in [2.05, 4.69) is 33.0 Å². The molecule has 0 spiro atoms. The van der Waals surface area contributed by atoms with Crippen LogP contribution in [-0.4, -0.2) is 33.8 Å². The van der Waals surface area contributed by atoms with Crippen LogP contribution in [0.25, 0.3) is 0 Å². The summed E-state index contributed by atoms with van der Waals surface area (Å²) < 4.78 is 0. The molecule has 0 atom stereocenters. The van der Waals surface area contributed by atoms with Crippen LogP contribution in [0, 0.1) is 0 Å². The van der Waals surface area contributed by atoms with Gasteiger partial charge in [-0.1, -0.05) is 0 Å². The lowest BCUT2D eigenvalue weighted by Crippen LogP contribution is -2.62. The molecule has 2 amide bonds. The second-order valence-corrected chi connectivity index (χ2v) is 6.61. The highest BCUT2D eigenvalue weighted by Crippen LogP contribution is 2.33. The Hall–Kier alpha value is -0.900. The third kappa shape index (κ3) is 2.51. The summed E-state index contributed by atoms with van der Waals surface area (Å²) in [7, 11) is 0. The summed E-state index contributed by atoms with van der Waals surface area (Å²) in [4.78, 5) is 25.1. The SMILES string of the molecule is CC1(C)CC(N2C(=O)CCC2=O)CC(C)(C)N1. The van der Waals surface area contributed by atoms with Gasteiger partial charge in [-0.25, -0.2) is 0 Å². The van der Waals surface area contributed by atoms with Gasteiger partial charge >= 0.3 is 0 Å². The quantitative estimate of drug-likeness (QED) is 0.703. The van der Waals surface area contributed by atoms with Gasteiger partial charge in [-0.3, -0.25) is 14.5 Å². The fourth-order valence-corrected chi connectivity index (χ4v) is 3.45. The van der Waals surface area contributed by atoms with Crippen LogP contribution in [0.3, 0.4) is 0 Å². The Morgan fingerprint density at radius 3 is 1.82 bits per heavy atom. The van der Waals surface area contributed by atoms with Crippen LogP contribution in [0.15, 0.2) is 0 Å². The van der Waals surface area contributed by atoms with Crippen LogP contribution in [0.2, 0.25) is 0 Å². The number of piperidine rings is 1. The van der Waals surface area contributed by atoms with Gasteiger partial charge in [-0.05, 0) is 40.5 Å². The maximum Gasteiger partial charge on any atom is 0.229 e. The molecule has 0 radical (unpaired) electrons. The van der Waals surface area contributed by atoms with Gasteiger partial charge in [0.05, 0.1) is 0 Å². The van der Waals surface area contributed by atoms with E-state index in [1.165, 1.54) is 4.90 Å². The summed E-state index contributed by atoms with van der Waals surface area (Å²) in [5, 5.41) is 3.57. The fourth-order valence-electron chi connectivity index (χ4n) is 3.45. The topological polar surface area (TPSA) is 49.4 Å². The minimum atomic E-state index is -0.0322. The smallest absolute Gasteiger partial charge is 0.229 e. The van der Waals surface area contributed by atoms with Crippen LogP contribution in [-0.2, 0) is 9.59 Å². The van der Waals surface area contributed by atoms with E-state index in [9.17, 15) is 9.59 Å². The number of likely N-dealkylation sites (tertiary alicyclic amines) is 1. The second-order valence-electron chi connectivity index (χ2n) is 6.61. The van der Waals surface area contributed by atoms with Crippen molar-refractivity contribution >= 4 is 11.8 Å². The molecular formula is C13H22N2O2. The van der Waals surface area contributed by atoms with Gasteiger partial charge in [0.25, 0.3) is 0 Å². The van der Waals surface area contributed by atoms with E-state index >= 15 is 0 Å². The first kappa shape index (κ1) is 12.6. The minimum absolute atomic E-state index is 0.00787. The number of nitrogens with zero attached hydrogens (tertiary/aromatic N) is 1. The molecule has 0 aromatic carbocycles.